The summed E-state index contributed by atoms with van der Waals surface area (Å²) in [5.41, 5.74) is 3.15. The molecular formula is C6H8N2O2. The van der Waals surface area contributed by atoms with Gasteiger partial charge in [-0.05, 0) is 0 Å². The Kier molecular flexibility index (Phi) is 2.04. The summed E-state index contributed by atoms with van der Waals surface area (Å²) in [6.07, 6.45) is 3.69. The second kappa shape index (κ2) is 3.00. The first-order chi connectivity index (χ1) is 4.84. The monoisotopic (exact) mass is 140 g/mol. The molecule has 10 heavy (non-hydrogen) atoms. The lowest BCUT2D eigenvalue weighted by Crippen LogP contribution is -2.12. The average molecular weight is 140 g/mol. The summed E-state index contributed by atoms with van der Waals surface area (Å²) in [5, 5.41) is 3.68. The molecule has 0 unspecified atom stereocenters. The minimum Gasteiger partial charge on any atom is -0.466 e. The normalized spacial score (nSPS) is 15.5. The van der Waals surface area contributed by atoms with Gasteiger partial charge >= 0.3 is 5.97 Å². The average Bonchev–Trinajstić information content (AvgIpc) is 2.05. The van der Waals surface area contributed by atoms with Crippen molar-refractivity contribution in [3.63, 3.8) is 0 Å². The van der Waals surface area contributed by atoms with Crippen molar-refractivity contribution in [2.75, 3.05) is 7.11 Å². The Labute approximate surface area is 58.6 Å². The van der Waals surface area contributed by atoms with Crippen molar-refractivity contribution in [3.05, 3.63) is 11.8 Å². The Bertz CT molecular complexity index is 196. The number of esters is 1. The topological polar surface area (TPSA) is 50.7 Å². The van der Waals surface area contributed by atoms with Gasteiger partial charge in [-0.25, -0.2) is 4.79 Å². The standard InChI is InChI=1S/C6H8N2O2/c1-10-6(9)5-2-3-7-8-4-5/h3-4,8H,2H2,1H3. The number of hydrogen-bond acceptors (Lipinski definition) is 4. The van der Waals surface area contributed by atoms with Crippen molar-refractivity contribution in [1.29, 1.82) is 0 Å². The molecule has 0 amide bonds. The highest BCUT2D eigenvalue weighted by Gasteiger charge is 2.08. The molecule has 0 aliphatic carbocycles. The van der Waals surface area contributed by atoms with E-state index in [1.807, 2.05) is 0 Å². The molecule has 0 aromatic rings. The molecule has 1 aliphatic heterocycles. The number of hydrogen-bond donors (Lipinski definition) is 1. The predicted octanol–water partition coefficient (Wildman–Crippen LogP) is 0.0224. The zero-order valence-electron chi connectivity index (χ0n) is 5.63. The van der Waals surface area contributed by atoms with Crippen LogP contribution in [0.25, 0.3) is 0 Å². The molecule has 0 saturated carbocycles. The molecule has 0 radical (unpaired) electrons. The molecule has 0 fully saturated rings. The molecule has 4 heteroatoms. The number of hydrazone groups is 1. The molecule has 1 N–H and O–H groups in total. The third-order valence-corrected chi connectivity index (χ3v) is 1.16. The van der Waals surface area contributed by atoms with Crippen molar-refractivity contribution >= 4 is 12.2 Å². The number of nitrogens with one attached hydrogen (secondary N) is 1. The molecule has 1 aliphatic rings. The largest absolute Gasteiger partial charge is 0.466 e. The Morgan fingerprint density at radius 2 is 2.70 bits per heavy atom. The lowest BCUT2D eigenvalue weighted by molar-refractivity contribution is -0.136. The molecule has 0 bridgehead atoms. The van der Waals surface area contributed by atoms with E-state index in [1.165, 1.54) is 13.3 Å². The fraction of sp³-hybridized carbons (Fsp3) is 0.333. The van der Waals surface area contributed by atoms with Gasteiger partial charge in [-0.3, -0.25) is 5.43 Å². The van der Waals surface area contributed by atoms with Crippen LogP contribution < -0.4 is 5.43 Å². The Morgan fingerprint density at radius 3 is 3.20 bits per heavy atom. The summed E-state index contributed by atoms with van der Waals surface area (Å²) in [7, 11) is 1.36. The second-order valence-electron chi connectivity index (χ2n) is 1.81. The second-order valence-corrected chi connectivity index (χ2v) is 1.81. The van der Waals surface area contributed by atoms with E-state index < -0.39 is 0 Å². The smallest absolute Gasteiger partial charge is 0.335 e. The molecule has 0 spiro atoms. The lowest BCUT2D eigenvalue weighted by Gasteiger charge is -2.04. The maximum Gasteiger partial charge on any atom is 0.335 e. The highest BCUT2D eigenvalue weighted by atomic mass is 16.5. The Balaban J connectivity index is 2.56. The first-order valence-corrected chi connectivity index (χ1v) is 2.89. The van der Waals surface area contributed by atoms with E-state index in [2.05, 4.69) is 15.3 Å². The minimum absolute atomic E-state index is 0.307. The van der Waals surface area contributed by atoms with Crippen molar-refractivity contribution in [2.45, 2.75) is 6.42 Å². The van der Waals surface area contributed by atoms with Crippen LogP contribution in [0.1, 0.15) is 6.42 Å². The van der Waals surface area contributed by atoms with E-state index in [9.17, 15) is 4.79 Å². The molecule has 0 aromatic heterocycles. The molecule has 4 nitrogen and oxygen atoms in total. The van der Waals surface area contributed by atoms with Crippen molar-refractivity contribution in [1.82, 2.24) is 5.43 Å². The highest BCUT2D eigenvalue weighted by molar-refractivity contribution is 5.92. The van der Waals surface area contributed by atoms with Gasteiger partial charge in [0.1, 0.15) is 0 Å². The number of rotatable bonds is 1. The zero-order valence-corrected chi connectivity index (χ0v) is 5.63. The van der Waals surface area contributed by atoms with E-state index in [4.69, 9.17) is 0 Å². The lowest BCUT2D eigenvalue weighted by atomic mass is 10.2. The van der Waals surface area contributed by atoms with Crippen LogP contribution in [-0.4, -0.2) is 19.3 Å². The quantitative estimate of drug-likeness (QED) is 0.522. The van der Waals surface area contributed by atoms with Crippen molar-refractivity contribution in [2.24, 2.45) is 5.10 Å². The summed E-state index contributed by atoms with van der Waals surface area (Å²) in [6.45, 7) is 0. The number of ether oxygens (including phenoxy) is 1. The van der Waals surface area contributed by atoms with Crippen molar-refractivity contribution in [3.8, 4) is 0 Å². The predicted molar refractivity (Wildman–Crippen MR) is 36.3 cm³/mol. The van der Waals surface area contributed by atoms with Gasteiger partial charge < -0.3 is 4.74 Å². The molecule has 0 saturated heterocycles. The van der Waals surface area contributed by atoms with E-state index in [-0.39, 0.29) is 5.97 Å². The summed E-state index contributed by atoms with van der Waals surface area (Å²) in [6, 6.07) is 0. The van der Waals surface area contributed by atoms with Gasteiger partial charge in [0.05, 0.1) is 12.7 Å². The molecule has 1 heterocycles. The summed E-state index contributed by atoms with van der Waals surface area (Å²) in [5.74, 6) is -0.307. The van der Waals surface area contributed by atoms with Gasteiger partial charge in [0, 0.05) is 18.8 Å². The van der Waals surface area contributed by atoms with Crippen LogP contribution in [0.15, 0.2) is 16.9 Å². The molecule has 1 rings (SSSR count). The highest BCUT2D eigenvalue weighted by Crippen LogP contribution is 2.02. The maximum atomic E-state index is 10.8. The first-order valence-electron chi connectivity index (χ1n) is 2.89. The van der Waals surface area contributed by atoms with E-state index in [0.717, 1.165) is 0 Å². The minimum atomic E-state index is -0.307. The summed E-state index contributed by atoms with van der Waals surface area (Å²) >= 11 is 0. The Morgan fingerprint density at radius 1 is 1.90 bits per heavy atom. The molecule has 0 aromatic carbocycles. The SMILES string of the molecule is COC(=O)C1=CNN=CC1. The number of methoxy groups -OCH3 is 1. The van der Waals surface area contributed by atoms with E-state index in [0.29, 0.717) is 12.0 Å². The summed E-state index contributed by atoms with van der Waals surface area (Å²) in [4.78, 5) is 10.8. The first kappa shape index (κ1) is 6.80. The van der Waals surface area contributed by atoms with Gasteiger partial charge in [0.2, 0.25) is 0 Å². The Hall–Kier alpha value is -1.32. The van der Waals surface area contributed by atoms with Gasteiger partial charge in [0.15, 0.2) is 0 Å². The maximum absolute atomic E-state index is 10.8. The van der Waals surface area contributed by atoms with Crippen molar-refractivity contribution < 1.29 is 9.53 Å². The number of carbonyl (C=O) groups is 1. The van der Waals surface area contributed by atoms with E-state index >= 15 is 0 Å². The van der Waals surface area contributed by atoms with Crippen LogP contribution in [0.4, 0.5) is 0 Å². The summed E-state index contributed by atoms with van der Waals surface area (Å²) < 4.78 is 4.48. The van der Waals surface area contributed by atoms with Crippen LogP contribution >= 0.6 is 0 Å². The van der Waals surface area contributed by atoms with Crippen LogP contribution in [0, 0.1) is 0 Å². The van der Waals surface area contributed by atoms with E-state index in [1.54, 1.807) is 6.21 Å². The fourth-order valence-corrected chi connectivity index (χ4v) is 0.644. The van der Waals surface area contributed by atoms with Crippen LogP contribution in [-0.2, 0) is 9.53 Å². The number of carbonyl (C=O) groups excluding carboxylic acids is 1. The third-order valence-electron chi connectivity index (χ3n) is 1.16. The zero-order chi connectivity index (χ0) is 7.40. The third kappa shape index (κ3) is 1.34. The van der Waals surface area contributed by atoms with Gasteiger partial charge in [-0.15, -0.1) is 0 Å². The number of nitrogens with zero attached hydrogens (tertiary/aromatic N) is 1. The fourth-order valence-electron chi connectivity index (χ4n) is 0.644. The van der Waals surface area contributed by atoms with Crippen LogP contribution in [0.2, 0.25) is 0 Å². The van der Waals surface area contributed by atoms with Gasteiger partial charge in [-0.2, -0.15) is 5.10 Å². The molecular weight excluding hydrogens is 132 g/mol. The molecule has 0 atom stereocenters. The van der Waals surface area contributed by atoms with Gasteiger partial charge in [-0.1, -0.05) is 0 Å². The van der Waals surface area contributed by atoms with Crippen LogP contribution in [0.5, 0.6) is 0 Å². The van der Waals surface area contributed by atoms with Gasteiger partial charge in [0.25, 0.3) is 0 Å². The molecule has 54 valence electrons. The van der Waals surface area contributed by atoms with Crippen LogP contribution in [0.3, 0.4) is 0 Å².